The van der Waals surface area contributed by atoms with E-state index in [-0.39, 0.29) is 0 Å². The number of hydrogen-bond acceptors (Lipinski definition) is 4. The van der Waals surface area contributed by atoms with Crippen molar-refractivity contribution < 1.29 is 0 Å². The summed E-state index contributed by atoms with van der Waals surface area (Å²) in [6.07, 6.45) is 3.26. The van der Waals surface area contributed by atoms with Crippen molar-refractivity contribution >= 4 is 17.4 Å². The van der Waals surface area contributed by atoms with E-state index in [9.17, 15) is 0 Å². The van der Waals surface area contributed by atoms with E-state index in [2.05, 4.69) is 9.97 Å². The topological polar surface area (TPSA) is 51.8 Å². The number of nitrogen functional groups attached to an aromatic ring is 1. The van der Waals surface area contributed by atoms with Gasteiger partial charge < -0.3 is 5.73 Å². The largest absolute Gasteiger partial charge is 0.399 e. The van der Waals surface area contributed by atoms with Crippen LogP contribution >= 0.6 is 11.8 Å². The normalized spacial score (nSPS) is 10.0. The van der Waals surface area contributed by atoms with Crippen molar-refractivity contribution in [2.24, 2.45) is 0 Å². The molecule has 2 aromatic rings. The van der Waals surface area contributed by atoms with Gasteiger partial charge in [0.25, 0.3) is 0 Å². The summed E-state index contributed by atoms with van der Waals surface area (Å²) in [5.74, 6) is 0. The van der Waals surface area contributed by atoms with E-state index in [1.165, 1.54) is 6.33 Å². The molecular formula is C10H9N3S. The number of anilines is 1. The van der Waals surface area contributed by atoms with Gasteiger partial charge in [0.2, 0.25) is 0 Å². The van der Waals surface area contributed by atoms with Crippen LogP contribution in [0.25, 0.3) is 0 Å². The fourth-order valence-corrected chi connectivity index (χ4v) is 1.85. The summed E-state index contributed by atoms with van der Waals surface area (Å²) >= 11 is 1.57. The Kier molecular flexibility index (Phi) is 2.65. The molecule has 4 heteroatoms. The van der Waals surface area contributed by atoms with Crippen LogP contribution < -0.4 is 5.73 Å². The molecule has 1 aromatic carbocycles. The average molecular weight is 203 g/mol. The van der Waals surface area contributed by atoms with E-state index in [1.54, 1.807) is 18.0 Å². The van der Waals surface area contributed by atoms with E-state index in [0.29, 0.717) is 0 Å². The van der Waals surface area contributed by atoms with Crippen LogP contribution in [0.15, 0.2) is 52.8 Å². The molecule has 0 amide bonds. The van der Waals surface area contributed by atoms with Gasteiger partial charge in [-0.1, -0.05) is 17.8 Å². The van der Waals surface area contributed by atoms with Crippen LogP contribution in [0.3, 0.4) is 0 Å². The molecule has 1 heterocycles. The number of nitrogens with two attached hydrogens (primary N) is 1. The van der Waals surface area contributed by atoms with Crippen molar-refractivity contribution in [1.29, 1.82) is 0 Å². The SMILES string of the molecule is Nc1cccc(Sc2ccncn2)c1. The van der Waals surface area contributed by atoms with Gasteiger partial charge in [0, 0.05) is 16.8 Å². The molecular weight excluding hydrogens is 194 g/mol. The molecule has 1 aromatic heterocycles. The molecule has 0 aliphatic rings. The van der Waals surface area contributed by atoms with Crippen LogP contribution in [0.2, 0.25) is 0 Å². The van der Waals surface area contributed by atoms with Gasteiger partial charge in [-0.25, -0.2) is 9.97 Å². The lowest BCUT2D eigenvalue weighted by molar-refractivity contribution is 1.05. The van der Waals surface area contributed by atoms with E-state index in [1.807, 2.05) is 30.3 Å². The third kappa shape index (κ3) is 2.23. The molecule has 0 saturated carbocycles. The molecule has 2 rings (SSSR count). The zero-order valence-electron chi connectivity index (χ0n) is 7.42. The average Bonchev–Trinajstić information content (AvgIpc) is 2.19. The maximum absolute atomic E-state index is 5.67. The van der Waals surface area contributed by atoms with Gasteiger partial charge in [0.05, 0.1) is 0 Å². The number of hydrogen-bond donors (Lipinski definition) is 1. The van der Waals surface area contributed by atoms with Crippen LogP contribution in [-0.4, -0.2) is 9.97 Å². The second-order valence-electron chi connectivity index (χ2n) is 2.72. The lowest BCUT2D eigenvalue weighted by Gasteiger charge is -2.00. The predicted octanol–water partition coefficient (Wildman–Crippen LogP) is 2.21. The standard InChI is InChI=1S/C10H9N3S/c11-8-2-1-3-9(6-8)14-10-4-5-12-7-13-10/h1-7H,11H2. The fourth-order valence-electron chi connectivity index (χ4n) is 1.04. The van der Waals surface area contributed by atoms with Gasteiger partial charge in [-0.15, -0.1) is 0 Å². The minimum Gasteiger partial charge on any atom is -0.399 e. The Balaban J connectivity index is 2.19. The number of benzene rings is 1. The van der Waals surface area contributed by atoms with Crippen LogP contribution in [0.4, 0.5) is 5.69 Å². The van der Waals surface area contributed by atoms with Crippen molar-refractivity contribution in [3.63, 3.8) is 0 Å². The van der Waals surface area contributed by atoms with E-state index in [0.717, 1.165) is 15.6 Å². The highest BCUT2D eigenvalue weighted by atomic mass is 32.2. The lowest BCUT2D eigenvalue weighted by Crippen LogP contribution is -1.84. The Hall–Kier alpha value is -1.55. The van der Waals surface area contributed by atoms with Crippen molar-refractivity contribution in [2.75, 3.05) is 5.73 Å². The van der Waals surface area contributed by atoms with Crippen molar-refractivity contribution in [2.45, 2.75) is 9.92 Å². The van der Waals surface area contributed by atoms with E-state index >= 15 is 0 Å². The van der Waals surface area contributed by atoms with Gasteiger partial charge in [-0.05, 0) is 24.3 Å². The van der Waals surface area contributed by atoms with Gasteiger partial charge in [0.15, 0.2) is 0 Å². The molecule has 0 aliphatic heterocycles. The van der Waals surface area contributed by atoms with Crippen molar-refractivity contribution in [3.05, 3.63) is 42.9 Å². The summed E-state index contributed by atoms with van der Waals surface area (Å²) in [6.45, 7) is 0. The number of aromatic nitrogens is 2. The molecule has 0 atom stereocenters. The molecule has 0 unspecified atom stereocenters. The Morgan fingerprint density at radius 1 is 1.21 bits per heavy atom. The van der Waals surface area contributed by atoms with Gasteiger partial charge in [0.1, 0.15) is 11.4 Å². The molecule has 3 nitrogen and oxygen atoms in total. The zero-order chi connectivity index (χ0) is 9.80. The third-order valence-corrected chi connectivity index (χ3v) is 2.58. The van der Waals surface area contributed by atoms with Gasteiger partial charge >= 0.3 is 0 Å². The summed E-state index contributed by atoms with van der Waals surface area (Å²) in [7, 11) is 0. The highest BCUT2D eigenvalue weighted by Gasteiger charge is 1.97. The van der Waals surface area contributed by atoms with Crippen LogP contribution in [0.1, 0.15) is 0 Å². The Morgan fingerprint density at radius 2 is 2.14 bits per heavy atom. The molecule has 70 valence electrons. The maximum atomic E-state index is 5.67. The molecule has 0 aliphatic carbocycles. The maximum Gasteiger partial charge on any atom is 0.116 e. The van der Waals surface area contributed by atoms with E-state index in [4.69, 9.17) is 5.73 Å². The van der Waals surface area contributed by atoms with Gasteiger partial charge in [-0.2, -0.15) is 0 Å². The predicted molar refractivity (Wildman–Crippen MR) is 57.0 cm³/mol. The molecule has 0 radical (unpaired) electrons. The second-order valence-corrected chi connectivity index (χ2v) is 3.82. The number of nitrogens with zero attached hydrogens (tertiary/aromatic N) is 2. The molecule has 0 bridgehead atoms. The smallest absolute Gasteiger partial charge is 0.116 e. The lowest BCUT2D eigenvalue weighted by atomic mass is 10.3. The molecule has 0 spiro atoms. The summed E-state index contributed by atoms with van der Waals surface area (Å²) in [6, 6.07) is 9.59. The Bertz CT molecular complexity index is 417. The summed E-state index contributed by atoms with van der Waals surface area (Å²) in [5.41, 5.74) is 6.43. The summed E-state index contributed by atoms with van der Waals surface area (Å²) in [4.78, 5) is 9.06. The van der Waals surface area contributed by atoms with Gasteiger partial charge in [-0.3, -0.25) is 0 Å². The third-order valence-electron chi connectivity index (χ3n) is 1.64. The molecule has 2 N–H and O–H groups in total. The first kappa shape index (κ1) is 9.02. The minimum atomic E-state index is 0.768. The van der Waals surface area contributed by atoms with Crippen molar-refractivity contribution in [3.8, 4) is 0 Å². The highest BCUT2D eigenvalue weighted by molar-refractivity contribution is 7.99. The summed E-state index contributed by atoms with van der Waals surface area (Å²) in [5, 5.41) is 0.922. The van der Waals surface area contributed by atoms with Crippen LogP contribution in [0.5, 0.6) is 0 Å². The molecule has 0 saturated heterocycles. The second kappa shape index (κ2) is 4.11. The molecule has 14 heavy (non-hydrogen) atoms. The monoisotopic (exact) mass is 203 g/mol. The Morgan fingerprint density at radius 3 is 2.86 bits per heavy atom. The van der Waals surface area contributed by atoms with E-state index < -0.39 is 0 Å². The number of rotatable bonds is 2. The first-order valence-corrected chi connectivity index (χ1v) is 4.95. The van der Waals surface area contributed by atoms with Crippen LogP contribution in [-0.2, 0) is 0 Å². The highest BCUT2D eigenvalue weighted by Crippen LogP contribution is 2.26. The Labute approximate surface area is 86.4 Å². The summed E-state index contributed by atoms with van der Waals surface area (Å²) < 4.78 is 0. The van der Waals surface area contributed by atoms with Crippen LogP contribution in [0, 0.1) is 0 Å². The first-order valence-electron chi connectivity index (χ1n) is 4.14. The fraction of sp³-hybridized carbons (Fsp3) is 0. The quantitative estimate of drug-likeness (QED) is 0.600. The zero-order valence-corrected chi connectivity index (χ0v) is 8.24. The first-order chi connectivity index (χ1) is 6.84. The van der Waals surface area contributed by atoms with Crippen molar-refractivity contribution in [1.82, 2.24) is 9.97 Å². The minimum absolute atomic E-state index is 0.768. The molecule has 0 fully saturated rings.